The molecule has 0 atom stereocenters. The molecule has 0 fully saturated rings. The first-order chi connectivity index (χ1) is 12.3. The third-order valence-electron chi connectivity index (χ3n) is 3.47. The van der Waals surface area contributed by atoms with Crippen molar-refractivity contribution in [3.63, 3.8) is 0 Å². The number of nitrogens with one attached hydrogen (secondary N) is 2. The lowest BCUT2D eigenvalue weighted by Crippen LogP contribution is -2.26. The van der Waals surface area contributed by atoms with Gasteiger partial charge in [-0.05, 0) is 38.4 Å². The molecule has 1 aromatic carbocycles. The van der Waals surface area contributed by atoms with E-state index in [1.807, 2.05) is 9.44 Å². The highest BCUT2D eigenvalue weighted by molar-refractivity contribution is 7.90. The zero-order chi connectivity index (χ0) is 20.8. The van der Waals surface area contributed by atoms with Crippen molar-refractivity contribution in [2.45, 2.75) is 16.2 Å². The molecule has 0 aliphatic rings. The van der Waals surface area contributed by atoms with Crippen LogP contribution in [0, 0.1) is 0 Å². The summed E-state index contributed by atoms with van der Waals surface area (Å²) in [7, 11) is -6.27. The van der Waals surface area contributed by atoms with E-state index in [4.69, 9.17) is 23.2 Å². The second-order valence-electron chi connectivity index (χ2n) is 5.05. The van der Waals surface area contributed by atoms with Crippen LogP contribution in [0.25, 0.3) is 5.69 Å². The average molecular weight is 466 g/mol. The first-order valence-corrected chi connectivity index (χ1v) is 10.6. The molecule has 27 heavy (non-hydrogen) atoms. The topological polar surface area (TPSA) is 97.3 Å². The minimum atomic E-state index is -4.76. The van der Waals surface area contributed by atoms with Gasteiger partial charge in [-0.1, -0.05) is 23.2 Å². The number of sulfonamides is 2. The molecule has 7 nitrogen and oxygen atoms in total. The lowest BCUT2D eigenvalue weighted by atomic mass is 10.2. The minimum absolute atomic E-state index is 0.431. The molecule has 2 rings (SSSR count). The Kier molecular flexibility index (Phi) is 5.91. The van der Waals surface area contributed by atoms with Gasteiger partial charge in [0.2, 0.25) is 0 Å². The molecule has 1 aromatic heterocycles. The van der Waals surface area contributed by atoms with E-state index < -0.39 is 57.6 Å². The number of alkyl halides is 3. The molecule has 2 N–H and O–H groups in total. The lowest BCUT2D eigenvalue weighted by Gasteiger charge is -2.18. The maximum absolute atomic E-state index is 12.9. The third kappa shape index (κ3) is 4.10. The maximum Gasteiger partial charge on any atom is 0.416 e. The molecule has 2 aromatic rings. The predicted molar refractivity (Wildman–Crippen MR) is 93.3 cm³/mol. The number of aromatic nitrogens is 1. The van der Waals surface area contributed by atoms with Crippen molar-refractivity contribution < 1.29 is 30.0 Å². The second kappa shape index (κ2) is 7.26. The van der Waals surface area contributed by atoms with Crippen molar-refractivity contribution in [2.24, 2.45) is 0 Å². The van der Waals surface area contributed by atoms with Crippen molar-refractivity contribution in [1.82, 2.24) is 14.0 Å². The van der Waals surface area contributed by atoms with Crippen LogP contribution in [-0.2, 0) is 26.2 Å². The Morgan fingerprint density at radius 2 is 1.26 bits per heavy atom. The van der Waals surface area contributed by atoms with E-state index in [0.29, 0.717) is 16.7 Å². The first-order valence-electron chi connectivity index (χ1n) is 6.91. The molecule has 0 bridgehead atoms. The van der Waals surface area contributed by atoms with Gasteiger partial charge in [0, 0.05) is 0 Å². The fraction of sp³-hybridized carbons (Fsp3) is 0.231. The van der Waals surface area contributed by atoms with Crippen LogP contribution in [0.1, 0.15) is 5.56 Å². The van der Waals surface area contributed by atoms with E-state index in [2.05, 4.69) is 0 Å². The van der Waals surface area contributed by atoms with Crippen LogP contribution in [0.15, 0.2) is 34.3 Å². The van der Waals surface area contributed by atoms with Gasteiger partial charge in [0.05, 0.1) is 21.3 Å². The summed E-state index contributed by atoms with van der Waals surface area (Å²) < 4.78 is 92.5. The molecule has 0 aliphatic heterocycles. The van der Waals surface area contributed by atoms with Gasteiger partial charge < -0.3 is 0 Å². The van der Waals surface area contributed by atoms with Gasteiger partial charge in [-0.25, -0.2) is 26.3 Å². The first kappa shape index (κ1) is 22.0. The average Bonchev–Trinajstić information content (AvgIpc) is 2.99. The van der Waals surface area contributed by atoms with Gasteiger partial charge in [-0.3, -0.25) is 4.57 Å². The van der Waals surface area contributed by atoms with Gasteiger partial charge >= 0.3 is 6.18 Å². The third-order valence-corrected chi connectivity index (χ3v) is 6.85. The summed E-state index contributed by atoms with van der Waals surface area (Å²) in [6, 6.07) is 2.96. The standard InChI is InChI=1S/C13H12Cl2F3N3O4S2/c1-19-26(22,23)10-3-4-11(27(24,25)20-2)21(10)12-8(14)5-7(6-9(12)15)13(16,17)18/h3-6,19-20H,1-2H3. The van der Waals surface area contributed by atoms with Crippen LogP contribution in [0.4, 0.5) is 13.2 Å². The molecular weight excluding hydrogens is 454 g/mol. The SMILES string of the molecule is CNS(=O)(=O)c1ccc(S(=O)(=O)NC)n1-c1c(Cl)cc(C(F)(F)F)cc1Cl. The van der Waals surface area contributed by atoms with E-state index in [1.54, 1.807) is 0 Å². The fourth-order valence-corrected chi connectivity index (χ4v) is 4.68. The highest BCUT2D eigenvalue weighted by atomic mass is 35.5. The summed E-state index contributed by atoms with van der Waals surface area (Å²) in [4.78, 5) is 0. The van der Waals surface area contributed by atoms with E-state index in [0.717, 1.165) is 26.2 Å². The number of halogens is 5. The summed E-state index contributed by atoms with van der Waals surface area (Å²) in [5.74, 6) is 0. The highest BCUT2D eigenvalue weighted by Gasteiger charge is 2.34. The summed E-state index contributed by atoms with van der Waals surface area (Å²) in [6.07, 6.45) is -4.76. The molecule has 150 valence electrons. The lowest BCUT2D eigenvalue weighted by molar-refractivity contribution is -0.137. The van der Waals surface area contributed by atoms with Gasteiger partial charge in [0.25, 0.3) is 20.0 Å². The molecule has 0 spiro atoms. The Balaban J connectivity index is 2.96. The number of rotatable bonds is 5. The van der Waals surface area contributed by atoms with E-state index >= 15 is 0 Å². The van der Waals surface area contributed by atoms with Crippen LogP contribution in [0.2, 0.25) is 10.0 Å². The molecule has 0 saturated heterocycles. The van der Waals surface area contributed by atoms with Crippen LogP contribution in [0.5, 0.6) is 0 Å². The molecule has 1 heterocycles. The van der Waals surface area contributed by atoms with E-state index in [1.165, 1.54) is 0 Å². The largest absolute Gasteiger partial charge is 0.416 e. The predicted octanol–water partition coefficient (Wildman–Crippen LogP) is 2.62. The number of nitrogens with zero attached hydrogens (tertiary/aromatic N) is 1. The molecular formula is C13H12Cl2F3N3O4S2. The number of hydrogen-bond acceptors (Lipinski definition) is 4. The molecule has 0 aliphatic carbocycles. The molecule has 0 radical (unpaired) electrons. The Morgan fingerprint density at radius 1 is 0.889 bits per heavy atom. The fourth-order valence-electron chi connectivity index (χ4n) is 2.19. The van der Waals surface area contributed by atoms with Crippen LogP contribution < -0.4 is 9.44 Å². The molecule has 0 amide bonds. The zero-order valence-electron chi connectivity index (χ0n) is 13.6. The quantitative estimate of drug-likeness (QED) is 0.708. The Bertz CT molecular complexity index is 1020. The van der Waals surface area contributed by atoms with Crippen LogP contribution >= 0.6 is 23.2 Å². The van der Waals surface area contributed by atoms with E-state index in [-0.39, 0.29) is 0 Å². The highest BCUT2D eigenvalue weighted by Crippen LogP contribution is 2.39. The molecule has 0 unspecified atom stereocenters. The Labute approximate surface area is 163 Å². The molecule has 14 heteroatoms. The monoisotopic (exact) mass is 465 g/mol. The Morgan fingerprint density at radius 3 is 1.56 bits per heavy atom. The van der Waals surface area contributed by atoms with Gasteiger partial charge in [0.1, 0.15) is 0 Å². The van der Waals surface area contributed by atoms with Crippen molar-refractivity contribution >= 4 is 43.2 Å². The summed E-state index contributed by atoms with van der Waals surface area (Å²) in [5.41, 5.74) is -1.61. The van der Waals surface area contributed by atoms with Crippen molar-refractivity contribution in [3.05, 3.63) is 39.9 Å². The van der Waals surface area contributed by atoms with Crippen LogP contribution in [0.3, 0.4) is 0 Å². The van der Waals surface area contributed by atoms with Crippen molar-refractivity contribution in [2.75, 3.05) is 14.1 Å². The zero-order valence-corrected chi connectivity index (χ0v) is 16.7. The normalized spacial score (nSPS) is 13.1. The molecule has 0 saturated carbocycles. The minimum Gasteiger partial charge on any atom is -0.286 e. The Hall–Kier alpha value is -1.31. The summed E-state index contributed by atoms with van der Waals surface area (Å²) in [6.45, 7) is 0. The van der Waals surface area contributed by atoms with Crippen molar-refractivity contribution in [1.29, 1.82) is 0 Å². The van der Waals surface area contributed by atoms with Gasteiger partial charge in [-0.2, -0.15) is 13.2 Å². The maximum atomic E-state index is 12.9. The second-order valence-corrected chi connectivity index (χ2v) is 9.53. The van der Waals surface area contributed by atoms with Crippen LogP contribution in [-0.4, -0.2) is 35.5 Å². The van der Waals surface area contributed by atoms with E-state index in [9.17, 15) is 30.0 Å². The summed E-state index contributed by atoms with van der Waals surface area (Å²) in [5, 5.41) is -2.35. The number of hydrogen-bond donors (Lipinski definition) is 2. The van der Waals surface area contributed by atoms with Crippen molar-refractivity contribution in [3.8, 4) is 5.69 Å². The summed E-state index contributed by atoms with van der Waals surface area (Å²) >= 11 is 11.9. The van der Waals surface area contributed by atoms with Gasteiger partial charge in [0.15, 0.2) is 10.1 Å². The number of benzene rings is 1. The van der Waals surface area contributed by atoms with Gasteiger partial charge in [-0.15, -0.1) is 0 Å². The smallest absolute Gasteiger partial charge is 0.286 e.